The Hall–Kier alpha value is -1.50. The van der Waals surface area contributed by atoms with Gasteiger partial charge in [0.1, 0.15) is 0 Å². The average Bonchev–Trinajstić information content (AvgIpc) is 2.37. The first kappa shape index (κ1) is 17.6. The molecule has 0 amide bonds. The molecular weight excluding hydrogens is 254 g/mol. The van der Waals surface area contributed by atoms with Crippen LogP contribution < -0.4 is 4.90 Å². The quantitative estimate of drug-likeness (QED) is 0.625. The van der Waals surface area contributed by atoms with Gasteiger partial charge in [0.2, 0.25) is 0 Å². The predicted octanol–water partition coefficient (Wildman–Crippen LogP) is 5.72. The Morgan fingerprint density at radius 1 is 0.857 bits per heavy atom. The number of anilines is 1. The topological polar surface area (TPSA) is 3.24 Å². The molecule has 0 unspecified atom stereocenters. The Labute approximate surface area is 131 Å². The minimum Gasteiger partial charge on any atom is -0.364 e. The summed E-state index contributed by atoms with van der Waals surface area (Å²) in [6.45, 7) is 17.3. The third kappa shape index (κ3) is 6.20. The normalized spacial score (nSPS) is 11.0. The van der Waals surface area contributed by atoms with Crippen molar-refractivity contribution < 1.29 is 0 Å². The van der Waals surface area contributed by atoms with Crippen LogP contribution in [0.25, 0.3) is 0 Å². The Bertz CT molecular complexity index is 470. The Kier molecular flexibility index (Phi) is 6.26. The van der Waals surface area contributed by atoms with Crippen LogP contribution in [0.1, 0.15) is 54.0 Å². The van der Waals surface area contributed by atoms with Gasteiger partial charge >= 0.3 is 0 Å². The highest BCUT2D eigenvalue weighted by Crippen LogP contribution is 2.25. The van der Waals surface area contributed by atoms with Gasteiger partial charge in [0.25, 0.3) is 0 Å². The number of rotatable bonds is 5. The van der Waals surface area contributed by atoms with Crippen molar-refractivity contribution >= 4 is 5.69 Å². The molecule has 0 atom stereocenters. The zero-order chi connectivity index (χ0) is 16.0. The van der Waals surface area contributed by atoms with Gasteiger partial charge in [-0.3, -0.25) is 0 Å². The first-order chi connectivity index (χ1) is 9.70. The molecule has 0 fully saturated rings. The second kappa shape index (κ2) is 7.49. The summed E-state index contributed by atoms with van der Waals surface area (Å²) in [6.07, 6.45) is 4.58. The number of hydrogen-bond acceptors (Lipinski definition) is 1. The van der Waals surface area contributed by atoms with E-state index in [1.54, 1.807) is 0 Å². The van der Waals surface area contributed by atoms with E-state index in [0.29, 0.717) is 0 Å². The van der Waals surface area contributed by atoms with Gasteiger partial charge in [-0.25, -0.2) is 0 Å². The maximum Gasteiger partial charge on any atom is 0.0372 e. The average molecular weight is 285 g/mol. The van der Waals surface area contributed by atoms with Crippen LogP contribution in [-0.4, -0.2) is 13.1 Å². The fraction of sp³-hybridized carbons (Fsp3) is 0.500. The summed E-state index contributed by atoms with van der Waals surface area (Å²) in [6, 6.07) is 9.01. The SMILES string of the molecule is CC(C)=CCN(CC=C(C)C)c1ccc(C(C)(C)C)cc1. The molecule has 0 N–H and O–H groups in total. The lowest BCUT2D eigenvalue weighted by atomic mass is 9.87. The van der Waals surface area contributed by atoms with E-state index in [1.165, 1.54) is 22.4 Å². The van der Waals surface area contributed by atoms with E-state index in [9.17, 15) is 0 Å². The zero-order valence-electron chi connectivity index (χ0n) is 14.8. The predicted molar refractivity (Wildman–Crippen MR) is 96.2 cm³/mol. The molecule has 1 heteroatoms. The minimum atomic E-state index is 0.211. The van der Waals surface area contributed by atoms with E-state index in [1.807, 2.05) is 0 Å². The van der Waals surface area contributed by atoms with Gasteiger partial charge < -0.3 is 4.90 Å². The maximum absolute atomic E-state index is 2.41. The zero-order valence-corrected chi connectivity index (χ0v) is 14.8. The van der Waals surface area contributed by atoms with Crippen LogP contribution in [0.3, 0.4) is 0 Å². The van der Waals surface area contributed by atoms with Gasteiger partial charge in [-0.05, 0) is 50.8 Å². The van der Waals surface area contributed by atoms with Crippen LogP contribution in [0.5, 0.6) is 0 Å². The van der Waals surface area contributed by atoms with E-state index in [2.05, 4.69) is 89.8 Å². The summed E-state index contributed by atoms with van der Waals surface area (Å²) in [4.78, 5) is 2.41. The monoisotopic (exact) mass is 285 g/mol. The maximum atomic E-state index is 2.41. The molecule has 0 aliphatic heterocycles. The molecule has 0 radical (unpaired) electrons. The van der Waals surface area contributed by atoms with Crippen LogP contribution in [0.15, 0.2) is 47.6 Å². The Morgan fingerprint density at radius 3 is 1.62 bits per heavy atom. The summed E-state index contributed by atoms with van der Waals surface area (Å²) in [7, 11) is 0. The standard InChI is InChI=1S/C20H31N/c1-16(2)12-14-21(15-13-17(3)4)19-10-8-18(9-11-19)20(5,6)7/h8-13H,14-15H2,1-7H3. The second-order valence-electron chi connectivity index (χ2n) is 7.26. The van der Waals surface area contributed by atoms with E-state index >= 15 is 0 Å². The summed E-state index contributed by atoms with van der Waals surface area (Å²) in [5.41, 5.74) is 5.61. The molecule has 0 aromatic heterocycles. The summed E-state index contributed by atoms with van der Waals surface area (Å²) >= 11 is 0. The van der Waals surface area contributed by atoms with Crippen LogP contribution in [0.2, 0.25) is 0 Å². The molecule has 1 rings (SSSR count). The second-order valence-corrected chi connectivity index (χ2v) is 7.26. The van der Waals surface area contributed by atoms with Crippen molar-refractivity contribution in [1.82, 2.24) is 0 Å². The molecule has 116 valence electrons. The fourth-order valence-corrected chi connectivity index (χ4v) is 2.04. The van der Waals surface area contributed by atoms with Gasteiger partial charge in [0.15, 0.2) is 0 Å². The van der Waals surface area contributed by atoms with Crippen LogP contribution in [0.4, 0.5) is 5.69 Å². The lowest BCUT2D eigenvalue weighted by Gasteiger charge is -2.25. The molecule has 21 heavy (non-hydrogen) atoms. The minimum absolute atomic E-state index is 0.211. The van der Waals surface area contributed by atoms with Crippen molar-refractivity contribution in [3.05, 3.63) is 53.1 Å². The summed E-state index contributed by atoms with van der Waals surface area (Å²) in [5, 5.41) is 0. The molecule has 0 saturated carbocycles. The van der Waals surface area contributed by atoms with E-state index < -0.39 is 0 Å². The lowest BCUT2D eigenvalue weighted by molar-refractivity contribution is 0.590. The first-order valence-corrected chi connectivity index (χ1v) is 7.82. The Morgan fingerprint density at radius 2 is 1.29 bits per heavy atom. The third-order valence-corrected chi connectivity index (χ3v) is 3.54. The van der Waals surface area contributed by atoms with Gasteiger partial charge in [-0.1, -0.05) is 56.2 Å². The summed E-state index contributed by atoms with van der Waals surface area (Å²) < 4.78 is 0. The Balaban J connectivity index is 2.96. The number of hydrogen-bond donors (Lipinski definition) is 0. The largest absolute Gasteiger partial charge is 0.364 e. The first-order valence-electron chi connectivity index (χ1n) is 7.82. The van der Waals surface area contributed by atoms with Crippen molar-refractivity contribution in [3.8, 4) is 0 Å². The van der Waals surface area contributed by atoms with Gasteiger partial charge in [-0.15, -0.1) is 0 Å². The molecular formula is C20H31N. The molecule has 0 aliphatic rings. The smallest absolute Gasteiger partial charge is 0.0372 e. The van der Waals surface area contributed by atoms with Gasteiger partial charge in [0.05, 0.1) is 0 Å². The summed E-state index contributed by atoms with van der Waals surface area (Å²) in [5.74, 6) is 0. The number of nitrogens with zero attached hydrogens (tertiary/aromatic N) is 1. The van der Waals surface area contributed by atoms with E-state index in [4.69, 9.17) is 0 Å². The highest BCUT2D eigenvalue weighted by atomic mass is 15.1. The van der Waals surface area contributed by atoms with E-state index in [-0.39, 0.29) is 5.41 Å². The molecule has 0 heterocycles. The van der Waals surface area contributed by atoms with Crippen molar-refractivity contribution in [2.45, 2.75) is 53.9 Å². The third-order valence-electron chi connectivity index (χ3n) is 3.54. The van der Waals surface area contributed by atoms with Crippen molar-refractivity contribution in [3.63, 3.8) is 0 Å². The molecule has 0 spiro atoms. The highest BCUT2D eigenvalue weighted by Gasteiger charge is 2.13. The van der Waals surface area contributed by atoms with Gasteiger partial charge in [-0.2, -0.15) is 0 Å². The van der Waals surface area contributed by atoms with Crippen molar-refractivity contribution in [1.29, 1.82) is 0 Å². The lowest BCUT2D eigenvalue weighted by Crippen LogP contribution is -2.24. The molecule has 0 bridgehead atoms. The molecule has 1 aromatic rings. The highest BCUT2D eigenvalue weighted by molar-refractivity contribution is 5.50. The van der Waals surface area contributed by atoms with Crippen LogP contribution in [-0.2, 0) is 5.41 Å². The number of benzene rings is 1. The van der Waals surface area contributed by atoms with Gasteiger partial charge in [0, 0.05) is 18.8 Å². The molecule has 0 saturated heterocycles. The van der Waals surface area contributed by atoms with Crippen LogP contribution >= 0.6 is 0 Å². The molecule has 0 aliphatic carbocycles. The van der Waals surface area contributed by atoms with Crippen molar-refractivity contribution in [2.24, 2.45) is 0 Å². The molecule has 1 nitrogen and oxygen atoms in total. The van der Waals surface area contributed by atoms with Crippen LogP contribution in [0, 0.1) is 0 Å². The molecule has 1 aromatic carbocycles. The van der Waals surface area contributed by atoms with Crippen molar-refractivity contribution in [2.75, 3.05) is 18.0 Å². The van der Waals surface area contributed by atoms with E-state index in [0.717, 1.165) is 13.1 Å². The number of allylic oxidation sites excluding steroid dienone is 2. The fourth-order valence-electron chi connectivity index (χ4n) is 2.04.